The van der Waals surface area contributed by atoms with Gasteiger partial charge in [0.2, 0.25) is 0 Å². The third-order valence-corrected chi connectivity index (χ3v) is 3.04. The van der Waals surface area contributed by atoms with E-state index in [0.29, 0.717) is 11.3 Å². The Balaban J connectivity index is 0.00000400. The molecule has 1 rings (SSSR count). The summed E-state index contributed by atoms with van der Waals surface area (Å²) in [5.74, 6) is 0.317. The molecule has 0 aliphatic carbocycles. The molecular weight excluding hydrogens is 320 g/mol. The third kappa shape index (κ3) is 7.62. The zero-order chi connectivity index (χ0) is 15.3. The first-order valence-corrected chi connectivity index (χ1v) is 6.85. The van der Waals surface area contributed by atoms with Crippen molar-refractivity contribution in [1.29, 1.82) is 0 Å². The van der Waals surface area contributed by atoms with E-state index in [9.17, 15) is 21.9 Å². The third-order valence-electron chi connectivity index (χ3n) is 2.40. The van der Waals surface area contributed by atoms with Gasteiger partial charge in [0.25, 0.3) is 0 Å². The summed E-state index contributed by atoms with van der Waals surface area (Å²) >= 11 is -2.36. The Morgan fingerprint density at radius 2 is 1.90 bits per heavy atom. The van der Waals surface area contributed by atoms with E-state index in [1.807, 2.05) is 13.8 Å². The van der Waals surface area contributed by atoms with E-state index in [1.54, 1.807) is 0 Å². The minimum absolute atomic E-state index is 0. The van der Waals surface area contributed by atoms with Crippen LogP contribution in [0, 0.1) is 0 Å². The fraction of sp³-hybridized carbons (Fsp3) is 0.500. The first-order valence-electron chi connectivity index (χ1n) is 5.77. The molecule has 0 spiro atoms. The molecule has 1 atom stereocenters. The van der Waals surface area contributed by atoms with Crippen molar-refractivity contribution in [3.05, 3.63) is 23.8 Å². The Morgan fingerprint density at radius 3 is 2.38 bits per heavy atom. The van der Waals surface area contributed by atoms with Crippen LogP contribution in [0.1, 0.15) is 25.3 Å². The van der Waals surface area contributed by atoms with Gasteiger partial charge < -0.3 is 9.29 Å². The van der Waals surface area contributed by atoms with E-state index in [-0.39, 0.29) is 47.0 Å². The van der Waals surface area contributed by atoms with Crippen LogP contribution < -0.4 is 34.3 Å². The first kappa shape index (κ1) is 20.9. The largest absolute Gasteiger partial charge is 1.00 e. The Morgan fingerprint density at radius 1 is 1.29 bits per heavy atom. The molecule has 1 unspecified atom stereocenters. The number of benzene rings is 1. The quantitative estimate of drug-likeness (QED) is 0.416. The van der Waals surface area contributed by atoms with Crippen LogP contribution >= 0.6 is 0 Å². The zero-order valence-corrected chi connectivity index (χ0v) is 14.7. The van der Waals surface area contributed by atoms with E-state index < -0.39 is 24.0 Å². The number of ether oxygens (including phenoxy) is 2. The van der Waals surface area contributed by atoms with Crippen LogP contribution in [0.2, 0.25) is 0 Å². The van der Waals surface area contributed by atoms with Crippen molar-refractivity contribution in [3.8, 4) is 5.75 Å². The maximum absolute atomic E-state index is 11.8. The Hall–Kier alpha value is -0.120. The van der Waals surface area contributed by atoms with Gasteiger partial charge in [0.05, 0.1) is 6.61 Å². The van der Waals surface area contributed by atoms with Gasteiger partial charge in [0.15, 0.2) is 0 Å². The van der Waals surface area contributed by atoms with Gasteiger partial charge in [0.1, 0.15) is 12.4 Å². The molecule has 1 aromatic rings. The summed E-state index contributed by atoms with van der Waals surface area (Å²) in [6.07, 6.45) is -4.69. The fourth-order valence-corrected chi connectivity index (χ4v) is 1.92. The van der Waals surface area contributed by atoms with Crippen LogP contribution in [0.15, 0.2) is 23.1 Å². The molecule has 0 radical (unpaired) electrons. The molecule has 114 valence electrons. The average molecular weight is 334 g/mol. The van der Waals surface area contributed by atoms with Gasteiger partial charge in [0, 0.05) is 4.90 Å². The Labute approximate surface area is 145 Å². The zero-order valence-electron chi connectivity index (χ0n) is 11.9. The van der Waals surface area contributed by atoms with Gasteiger partial charge in [-0.15, -0.1) is 13.2 Å². The second-order valence-electron chi connectivity index (χ2n) is 4.23. The van der Waals surface area contributed by atoms with Crippen molar-refractivity contribution >= 4 is 11.1 Å². The summed E-state index contributed by atoms with van der Waals surface area (Å²) < 4.78 is 65.9. The predicted molar refractivity (Wildman–Crippen MR) is 65.2 cm³/mol. The molecule has 0 aliphatic rings. The minimum atomic E-state index is -4.69. The smallest absolute Gasteiger partial charge is 0.768 e. The van der Waals surface area contributed by atoms with Crippen LogP contribution in [-0.2, 0) is 15.8 Å². The van der Waals surface area contributed by atoms with Gasteiger partial charge in [-0.05, 0) is 40.8 Å². The maximum atomic E-state index is 11.8. The van der Waals surface area contributed by atoms with Gasteiger partial charge in [-0.3, -0.25) is 8.95 Å². The second-order valence-corrected chi connectivity index (χ2v) is 5.17. The van der Waals surface area contributed by atoms with Crippen molar-refractivity contribution in [2.45, 2.75) is 31.0 Å². The monoisotopic (exact) mass is 334 g/mol. The number of alkyl halides is 3. The van der Waals surface area contributed by atoms with Gasteiger partial charge in [-0.2, -0.15) is 0 Å². The van der Waals surface area contributed by atoms with E-state index in [0.717, 1.165) is 0 Å². The molecule has 0 saturated heterocycles. The second kappa shape index (κ2) is 9.12. The summed E-state index contributed by atoms with van der Waals surface area (Å²) in [5.41, 5.74) is 0.610. The molecule has 0 N–H and O–H groups in total. The van der Waals surface area contributed by atoms with E-state index in [1.165, 1.54) is 18.2 Å². The predicted octanol–water partition coefficient (Wildman–Crippen LogP) is -0.0328. The van der Waals surface area contributed by atoms with Crippen LogP contribution in [-0.4, -0.2) is 28.3 Å². The molecule has 0 heterocycles. The molecule has 0 fully saturated rings. The van der Waals surface area contributed by atoms with Crippen LogP contribution in [0.3, 0.4) is 0 Å². The van der Waals surface area contributed by atoms with Crippen molar-refractivity contribution in [2.24, 2.45) is 0 Å². The first-order chi connectivity index (χ1) is 9.20. The normalized spacial score (nSPS) is 12.9. The summed E-state index contributed by atoms with van der Waals surface area (Å²) in [5, 5.41) is 0. The Kier molecular flexibility index (Phi) is 9.06. The number of halogens is 3. The maximum Gasteiger partial charge on any atom is 1.00 e. The molecule has 0 aromatic heterocycles. The summed E-state index contributed by atoms with van der Waals surface area (Å²) in [6, 6.07) is 4.19. The number of rotatable bonds is 6. The topological polar surface area (TPSA) is 58.6 Å². The summed E-state index contributed by atoms with van der Waals surface area (Å²) in [7, 11) is 0. The molecule has 0 aliphatic heterocycles. The number of hydrogen-bond donors (Lipinski definition) is 0. The van der Waals surface area contributed by atoms with Crippen LogP contribution in [0.25, 0.3) is 0 Å². The number of hydrogen-bond acceptors (Lipinski definition) is 4. The van der Waals surface area contributed by atoms with E-state index in [4.69, 9.17) is 4.74 Å². The molecule has 21 heavy (non-hydrogen) atoms. The minimum Gasteiger partial charge on any atom is -0.768 e. The summed E-state index contributed by atoms with van der Waals surface area (Å²) in [4.78, 5) is 0.104. The van der Waals surface area contributed by atoms with Crippen molar-refractivity contribution in [1.82, 2.24) is 0 Å². The molecular formula is C12H14F3NaO4S. The Bertz CT molecular complexity index is 480. The SMILES string of the molecule is CC(C)c1cc(S(=O)[O-])ccc1OCCOC(F)(F)F.[Na+]. The molecule has 1 aromatic carbocycles. The van der Waals surface area contributed by atoms with E-state index >= 15 is 0 Å². The van der Waals surface area contributed by atoms with Crippen LogP contribution in [0.4, 0.5) is 13.2 Å². The van der Waals surface area contributed by atoms with Crippen molar-refractivity contribution in [3.63, 3.8) is 0 Å². The van der Waals surface area contributed by atoms with Crippen molar-refractivity contribution < 1.29 is 61.0 Å². The summed E-state index contributed by atoms with van der Waals surface area (Å²) in [6.45, 7) is 2.74. The van der Waals surface area contributed by atoms with Gasteiger partial charge in [-0.1, -0.05) is 13.8 Å². The van der Waals surface area contributed by atoms with E-state index in [2.05, 4.69) is 4.74 Å². The van der Waals surface area contributed by atoms with Crippen molar-refractivity contribution in [2.75, 3.05) is 13.2 Å². The van der Waals surface area contributed by atoms with Crippen LogP contribution in [0.5, 0.6) is 5.75 Å². The van der Waals surface area contributed by atoms with Gasteiger partial charge in [-0.25, -0.2) is 0 Å². The molecule has 0 amide bonds. The molecule has 0 saturated carbocycles. The molecule has 4 nitrogen and oxygen atoms in total. The molecule has 9 heteroatoms. The standard InChI is InChI=1S/C12H15F3O4S.Na/c1-8(2)10-7-9(20(16)17)3-4-11(10)18-5-6-19-12(13,14)15;/h3-4,7-8H,5-6H2,1-2H3,(H,16,17);/q;+1/p-1. The average Bonchev–Trinajstić information content (AvgIpc) is 2.33. The van der Waals surface area contributed by atoms with Gasteiger partial charge >= 0.3 is 35.9 Å². The fourth-order valence-electron chi connectivity index (χ4n) is 1.52. The molecule has 0 bridgehead atoms.